The van der Waals surface area contributed by atoms with E-state index in [1.165, 1.54) is 49.7 Å². The molecular weight excluding hydrogens is 216 g/mol. The van der Waals surface area contributed by atoms with Crippen molar-refractivity contribution in [3.63, 3.8) is 0 Å². The number of hydrogen-bond donors (Lipinski definition) is 0. The van der Waals surface area contributed by atoms with Crippen molar-refractivity contribution in [3.05, 3.63) is 23.3 Å². The molecule has 0 N–H and O–H groups in total. The molecule has 94 valence electrons. The lowest BCUT2D eigenvalue weighted by Gasteiger charge is -2.00. The van der Waals surface area contributed by atoms with Gasteiger partial charge in [-0.15, -0.1) is 0 Å². The Labute approximate surface area is 112 Å². The lowest BCUT2D eigenvalue weighted by atomic mass is 10.0. The van der Waals surface area contributed by atoms with Gasteiger partial charge in [-0.05, 0) is 38.5 Å². The van der Waals surface area contributed by atoms with E-state index in [0.29, 0.717) is 0 Å². The highest BCUT2D eigenvalue weighted by molar-refractivity contribution is 5.54. The zero-order valence-corrected chi connectivity index (χ0v) is 11.2. The molecule has 0 aromatic carbocycles. The van der Waals surface area contributed by atoms with Gasteiger partial charge < -0.3 is 0 Å². The molecule has 0 atom stereocenters. The van der Waals surface area contributed by atoms with Crippen LogP contribution in [0.15, 0.2) is 23.3 Å². The number of allylic oxidation sites excluding steroid dienone is 4. The van der Waals surface area contributed by atoms with Crippen molar-refractivity contribution in [2.45, 2.75) is 64.2 Å². The van der Waals surface area contributed by atoms with Crippen LogP contribution in [0, 0.1) is 23.7 Å². The molecular formula is C18H22. The molecule has 0 saturated carbocycles. The first kappa shape index (κ1) is 13.0. The van der Waals surface area contributed by atoms with Gasteiger partial charge in [-0.2, -0.15) is 0 Å². The maximum atomic E-state index is 3.34. The van der Waals surface area contributed by atoms with Crippen LogP contribution in [0.4, 0.5) is 0 Å². The molecule has 0 spiro atoms. The molecule has 0 radical (unpaired) electrons. The van der Waals surface area contributed by atoms with E-state index in [2.05, 4.69) is 35.8 Å². The van der Waals surface area contributed by atoms with Crippen molar-refractivity contribution in [1.82, 2.24) is 0 Å². The first-order valence-electron chi connectivity index (χ1n) is 7.35. The third-order valence-corrected chi connectivity index (χ3v) is 3.45. The fraction of sp³-hybridized carbons (Fsp3) is 0.556. The molecule has 2 aliphatic rings. The van der Waals surface area contributed by atoms with E-state index in [1.54, 1.807) is 0 Å². The van der Waals surface area contributed by atoms with Crippen molar-refractivity contribution < 1.29 is 0 Å². The molecule has 0 aromatic heterocycles. The highest BCUT2D eigenvalue weighted by Crippen LogP contribution is 2.17. The van der Waals surface area contributed by atoms with E-state index < -0.39 is 0 Å². The molecule has 0 fully saturated rings. The van der Waals surface area contributed by atoms with E-state index in [1.807, 2.05) is 0 Å². The van der Waals surface area contributed by atoms with Crippen LogP contribution in [0.25, 0.3) is 0 Å². The highest BCUT2D eigenvalue weighted by atomic mass is 14.1. The molecule has 0 aromatic rings. The highest BCUT2D eigenvalue weighted by Gasteiger charge is 2.02. The second-order valence-corrected chi connectivity index (χ2v) is 5.04. The van der Waals surface area contributed by atoms with Gasteiger partial charge in [0.1, 0.15) is 0 Å². The van der Waals surface area contributed by atoms with Crippen LogP contribution in [-0.4, -0.2) is 0 Å². The Morgan fingerprint density at radius 2 is 1.11 bits per heavy atom. The topological polar surface area (TPSA) is 0 Å². The molecule has 0 unspecified atom stereocenters. The van der Waals surface area contributed by atoms with Crippen molar-refractivity contribution in [2.75, 3.05) is 0 Å². The maximum absolute atomic E-state index is 3.34. The average molecular weight is 238 g/mol. The second-order valence-electron chi connectivity index (χ2n) is 5.04. The summed E-state index contributed by atoms with van der Waals surface area (Å²) in [5, 5.41) is 0. The van der Waals surface area contributed by atoms with Gasteiger partial charge in [0.05, 0.1) is 0 Å². The Bertz CT molecular complexity index is 396. The van der Waals surface area contributed by atoms with Crippen LogP contribution < -0.4 is 0 Å². The summed E-state index contributed by atoms with van der Waals surface area (Å²) in [6.07, 6.45) is 16.7. The summed E-state index contributed by atoms with van der Waals surface area (Å²) in [5.74, 6) is 13.3. The predicted octanol–water partition coefficient (Wildman–Crippen LogP) is 4.77. The molecule has 18 heavy (non-hydrogen) atoms. The minimum absolute atomic E-state index is 1.04. The van der Waals surface area contributed by atoms with Gasteiger partial charge in [0.2, 0.25) is 0 Å². The fourth-order valence-corrected chi connectivity index (χ4v) is 2.33. The van der Waals surface area contributed by atoms with Gasteiger partial charge >= 0.3 is 0 Å². The van der Waals surface area contributed by atoms with Crippen molar-refractivity contribution in [2.24, 2.45) is 0 Å². The first-order chi connectivity index (χ1) is 8.97. The van der Waals surface area contributed by atoms with Gasteiger partial charge in [-0.3, -0.25) is 0 Å². The Hall–Kier alpha value is -1.40. The van der Waals surface area contributed by atoms with Crippen LogP contribution >= 0.6 is 0 Å². The van der Waals surface area contributed by atoms with E-state index in [9.17, 15) is 0 Å². The van der Waals surface area contributed by atoms with Gasteiger partial charge in [0.25, 0.3) is 0 Å². The first-order valence-corrected chi connectivity index (χ1v) is 7.35. The van der Waals surface area contributed by atoms with Crippen molar-refractivity contribution in [1.29, 1.82) is 0 Å². The van der Waals surface area contributed by atoms with Crippen molar-refractivity contribution >= 4 is 0 Å². The normalized spacial score (nSPS) is 20.9. The minimum atomic E-state index is 1.04. The fourth-order valence-electron chi connectivity index (χ4n) is 2.33. The molecule has 0 saturated heterocycles. The van der Waals surface area contributed by atoms with E-state index in [0.717, 1.165) is 25.7 Å². The van der Waals surface area contributed by atoms with Gasteiger partial charge in [0.15, 0.2) is 0 Å². The summed E-state index contributed by atoms with van der Waals surface area (Å²) in [7, 11) is 0. The molecule has 2 aliphatic carbocycles. The third-order valence-electron chi connectivity index (χ3n) is 3.45. The monoisotopic (exact) mass is 238 g/mol. The average Bonchev–Trinajstić information content (AvgIpc) is 2.61. The molecule has 0 amide bonds. The summed E-state index contributed by atoms with van der Waals surface area (Å²) in [5.41, 5.74) is 2.37. The molecule has 0 bridgehead atoms. The second kappa shape index (κ2) is 7.84. The molecule has 0 aliphatic heterocycles. The van der Waals surface area contributed by atoms with Crippen LogP contribution in [0.5, 0.6) is 0 Å². The number of hydrogen-bond acceptors (Lipinski definition) is 0. The van der Waals surface area contributed by atoms with Crippen molar-refractivity contribution in [3.8, 4) is 23.7 Å². The number of rotatable bonds is 1. The van der Waals surface area contributed by atoms with Gasteiger partial charge in [-0.1, -0.05) is 48.7 Å². The standard InChI is InChI=1S/C18H22/c1-2-6-10-14-17(13-9-5-1)18-15-11-7-3-4-8-12-16-18/h13,15H,1-9,11H2. The van der Waals surface area contributed by atoms with E-state index >= 15 is 0 Å². The van der Waals surface area contributed by atoms with E-state index in [-0.39, 0.29) is 0 Å². The Kier molecular flexibility index (Phi) is 5.68. The van der Waals surface area contributed by atoms with Crippen LogP contribution in [0.1, 0.15) is 64.2 Å². The molecule has 0 nitrogen and oxygen atoms in total. The maximum Gasteiger partial charge on any atom is 0.0358 e. The molecule has 0 heteroatoms. The summed E-state index contributed by atoms with van der Waals surface area (Å²) in [6.45, 7) is 0. The predicted molar refractivity (Wildman–Crippen MR) is 77.9 cm³/mol. The molecule has 0 heterocycles. The Morgan fingerprint density at radius 3 is 1.61 bits per heavy atom. The van der Waals surface area contributed by atoms with Gasteiger partial charge in [-0.25, -0.2) is 0 Å². The Morgan fingerprint density at radius 1 is 0.611 bits per heavy atom. The third kappa shape index (κ3) is 4.46. The summed E-state index contributed by atoms with van der Waals surface area (Å²) >= 11 is 0. The Balaban J connectivity index is 2.18. The summed E-state index contributed by atoms with van der Waals surface area (Å²) in [4.78, 5) is 0. The summed E-state index contributed by atoms with van der Waals surface area (Å²) < 4.78 is 0. The smallest absolute Gasteiger partial charge is 0.0358 e. The zero-order valence-electron chi connectivity index (χ0n) is 11.2. The SMILES string of the molecule is C1#CC(C2=CCCCCCC#C2)=CCCCCC1. The molecule has 2 rings (SSSR count). The summed E-state index contributed by atoms with van der Waals surface area (Å²) in [6, 6.07) is 0. The van der Waals surface area contributed by atoms with Gasteiger partial charge in [0, 0.05) is 24.0 Å². The van der Waals surface area contributed by atoms with Crippen LogP contribution in [-0.2, 0) is 0 Å². The zero-order chi connectivity index (χ0) is 12.5. The lowest BCUT2D eigenvalue weighted by molar-refractivity contribution is 0.702. The minimum Gasteiger partial charge on any atom is -0.0979 e. The largest absolute Gasteiger partial charge is 0.0979 e. The lowest BCUT2D eigenvalue weighted by Crippen LogP contribution is -1.86. The van der Waals surface area contributed by atoms with E-state index in [4.69, 9.17) is 0 Å². The van der Waals surface area contributed by atoms with Crippen LogP contribution in [0.3, 0.4) is 0 Å². The quantitative estimate of drug-likeness (QED) is 0.577. The van der Waals surface area contributed by atoms with Crippen LogP contribution in [0.2, 0.25) is 0 Å².